The standard InChI is InChI=1S/C26H25N3O8S2/c1-4-21(27-17(3)14-25(30)31)19-10-12-24(20-8-6-5-7-18(19)20)38(33,34)28-39(35,36)29-15-26(32)37-23-13-16(2)9-11-22(23)29/h1,5-13,17,21,27-28H,14-15H2,2-3H3,(H,30,31)/t17-,21-/m0/s1. The molecule has 0 spiro atoms. The van der Waals surface area contributed by atoms with Gasteiger partial charge in [0.25, 0.3) is 10.0 Å². The predicted octanol–water partition coefficient (Wildman–Crippen LogP) is 2.22. The summed E-state index contributed by atoms with van der Waals surface area (Å²) in [6.07, 6.45) is 5.53. The molecule has 0 aromatic heterocycles. The largest absolute Gasteiger partial charge is 0.481 e. The van der Waals surface area contributed by atoms with Crippen LogP contribution in [0.25, 0.3) is 10.8 Å². The Balaban J connectivity index is 1.72. The third kappa shape index (κ3) is 5.89. The van der Waals surface area contributed by atoms with Crippen molar-refractivity contribution in [3.05, 3.63) is 65.7 Å². The Morgan fingerprint density at radius 2 is 1.82 bits per heavy atom. The fraction of sp³-hybridized carbons (Fsp3) is 0.231. The van der Waals surface area contributed by atoms with Crippen LogP contribution in [0.5, 0.6) is 5.75 Å². The van der Waals surface area contributed by atoms with Gasteiger partial charge in [-0.05, 0) is 48.6 Å². The van der Waals surface area contributed by atoms with Crippen molar-refractivity contribution in [2.24, 2.45) is 0 Å². The van der Waals surface area contributed by atoms with Gasteiger partial charge in [0.05, 0.1) is 23.0 Å². The Morgan fingerprint density at radius 1 is 1.13 bits per heavy atom. The van der Waals surface area contributed by atoms with E-state index < -0.39 is 50.8 Å². The van der Waals surface area contributed by atoms with Crippen LogP contribution in [0.4, 0.5) is 5.69 Å². The number of terminal acetylenes is 1. The van der Waals surface area contributed by atoms with Crippen LogP contribution in [0.3, 0.4) is 0 Å². The normalized spacial score (nSPS) is 15.2. The van der Waals surface area contributed by atoms with E-state index in [2.05, 4.69) is 11.2 Å². The average molecular weight is 572 g/mol. The Hall–Kier alpha value is -3.96. The summed E-state index contributed by atoms with van der Waals surface area (Å²) in [5.74, 6) is 0.675. The number of carboxylic acid groups (broad SMARTS) is 1. The Labute approximate surface area is 226 Å². The molecule has 0 amide bonds. The van der Waals surface area contributed by atoms with Crippen molar-refractivity contribution in [1.29, 1.82) is 0 Å². The van der Waals surface area contributed by atoms with Crippen LogP contribution >= 0.6 is 0 Å². The molecule has 2 atom stereocenters. The van der Waals surface area contributed by atoms with Gasteiger partial charge >= 0.3 is 22.1 Å². The molecule has 0 bridgehead atoms. The zero-order chi connectivity index (χ0) is 28.5. The zero-order valence-corrected chi connectivity index (χ0v) is 22.5. The number of ether oxygens (including phenoxy) is 1. The Bertz CT molecular complexity index is 1730. The lowest BCUT2D eigenvalue weighted by Gasteiger charge is -2.29. The number of hydrogen-bond acceptors (Lipinski definition) is 8. The maximum Gasteiger partial charge on any atom is 0.332 e. The molecular weight excluding hydrogens is 546 g/mol. The van der Waals surface area contributed by atoms with Crippen molar-refractivity contribution in [2.45, 2.75) is 37.2 Å². The molecule has 0 saturated heterocycles. The van der Waals surface area contributed by atoms with E-state index in [4.69, 9.17) is 16.3 Å². The number of esters is 1. The number of aliphatic carboxylic acids is 1. The molecule has 0 radical (unpaired) electrons. The highest BCUT2D eigenvalue weighted by molar-refractivity contribution is 8.05. The monoisotopic (exact) mass is 571 g/mol. The molecule has 39 heavy (non-hydrogen) atoms. The first kappa shape index (κ1) is 28.1. The molecule has 0 unspecified atom stereocenters. The highest BCUT2D eigenvalue weighted by Gasteiger charge is 2.36. The average Bonchev–Trinajstić information content (AvgIpc) is 2.84. The molecule has 11 nitrogen and oxygen atoms in total. The number of carbonyl (C=O) groups is 2. The van der Waals surface area contributed by atoms with Crippen LogP contribution in [0.1, 0.15) is 30.5 Å². The predicted molar refractivity (Wildman–Crippen MR) is 144 cm³/mol. The van der Waals surface area contributed by atoms with Crippen LogP contribution in [-0.4, -0.2) is 46.5 Å². The van der Waals surface area contributed by atoms with Crippen molar-refractivity contribution in [2.75, 3.05) is 10.8 Å². The fourth-order valence-electron chi connectivity index (χ4n) is 4.32. The van der Waals surface area contributed by atoms with E-state index in [9.17, 15) is 26.4 Å². The first-order valence-electron chi connectivity index (χ1n) is 11.7. The molecule has 4 rings (SSSR count). The minimum absolute atomic E-state index is 0.00576. The van der Waals surface area contributed by atoms with Crippen LogP contribution in [0.2, 0.25) is 0 Å². The van der Waals surface area contributed by atoms with Gasteiger partial charge in [0.1, 0.15) is 6.54 Å². The Kier molecular flexibility index (Phi) is 7.67. The number of carbonyl (C=O) groups excluding carboxylic acids is 1. The highest BCUT2D eigenvalue weighted by Crippen LogP contribution is 2.35. The first-order valence-corrected chi connectivity index (χ1v) is 14.6. The first-order chi connectivity index (χ1) is 18.3. The van der Waals surface area contributed by atoms with Crippen molar-refractivity contribution in [1.82, 2.24) is 9.44 Å². The topological polar surface area (TPSA) is 159 Å². The number of anilines is 1. The lowest BCUT2D eigenvalue weighted by molar-refractivity contribution is -0.137. The molecule has 0 saturated carbocycles. The molecule has 204 valence electrons. The highest BCUT2D eigenvalue weighted by atomic mass is 32.3. The van der Waals surface area contributed by atoms with E-state index in [-0.39, 0.29) is 28.1 Å². The number of rotatable bonds is 9. The van der Waals surface area contributed by atoms with E-state index in [0.29, 0.717) is 20.8 Å². The second kappa shape index (κ2) is 10.7. The van der Waals surface area contributed by atoms with E-state index in [1.54, 1.807) is 42.2 Å². The third-order valence-corrected chi connectivity index (χ3v) is 9.56. The molecule has 3 aromatic rings. The molecule has 3 aromatic carbocycles. The molecular formula is C26H25N3O8S2. The molecule has 1 heterocycles. The number of sulfonamides is 1. The maximum absolute atomic E-state index is 13.4. The SMILES string of the molecule is C#C[C@H](N[C@@H](C)CC(=O)O)c1ccc(S(=O)(=O)NS(=O)(=O)N2CC(=O)Oc3cc(C)ccc32)c2ccccc12. The fourth-order valence-corrected chi connectivity index (χ4v) is 7.55. The molecule has 1 aliphatic heterocycles. The van der Waals surface area contributed by atoms with Gasteiger partial charge in [0.15, 0.2) is 5.75 Å². The lowest BCUT2D eigenvalue weighted by Crippen LogP contribution is -2.48. The van der Waals surface area contributed by atoms with Gasteiger partial charge in [0.2, 0.25) is 0 Å². The molecule has 1 aliphatic rings. The summed E-state index contributed by atoms with van der Waals surface area (Å²) in [5.41, 5.74) is 1.24. The van der Waals surface area contributed by atoms with Crippen LogP contribution in [0, 0.1) is 19.3 Å². The molecule has 3 N–H and O–H groups in total. The van der Waals surface area contributed by atoms with Crippen LogP contribution in [0.15, 0.2) is 59.5 Å². The molecule has 13 heteroatoms. The van der Waals surface area contributed by atoms with Crippen molar-refractivity contribution < 1.29 is 36.3 Å². The smallest absolute Gasteiger partial charge is 0.332 e. The molecule has 0 fully saturated rings. The zero-order valence-electron chi connectivity index (χ0n) is 20.9. The quantitative estimate of drug-likeness (QED) is 0.199. The van der Waals surface area contributed by atoms with E-state index in [0.717, 1.165) is 0 Å². The summed E-state index contributed by atoms with van der Waals surface area (Å²) in [6.45, 7) is 2.67. The number of fused-ring (bicyclic) bond motifs is 2. The summed E-state index contributed by atoms with van der Waals surface area (Å²) in [6, 6.07) is 12.3. The van der Waals surface area contributed by atoms with Crippen LogP contribution in [-0.2, 0) is 29.8 Å². The summed E-state index contributed by atoms with van der Waals surface area (Å²) in [5, 5.41) is 12.7. The van der Waals surface area contributed by atoms with Crippen molar-refractivity contribution in [3.8, 4) is 18.1 Å². The van der Waals surface area contributed by atoms with Crippen molar-refractivity contribution >= 4 is 48.6 Å². The number of benzene rings is 3. The van der Waals surface area contributed by atoms with Crippen LogP contribution < -0.4 is 18.5 Å². The van der Waals surface area contributed by atoms with Gasteiger partial charge in [0, 0.05) is 11.4 Å². The van der Waals surface area contributed by atoms with E-state index >= 15 is 0 Å². The van der Waals surface area contributed by atoms with Gasteiger partial charge in [-0.1, -0.05) is 46.4 Å². The van der Waals surface area contributed by atoms with Crippen molar-refractivity contribution in [3.63, 3.8) is 0 Å². The lowest BCUT2D eigenvalue weighted by atomic mass is 9.98. The van der Waals surface area contributed by atoms with Gasteiger partial charge in [-0.3, -0.25) is 10.1 Å². The van der Waals surface area contributed by atoms with E-state index in [1.165, 1.54) is 30.3 Å². The maximum atomic E-state index is 13.4. The van der Waals surface area contributed by atoms with Gasteiger partial charge < -0.3 is 9.84 Å². The summed E-state index contributed by atoms with van der Waals surface area (Å²) in [7, 11) is -9.47. The molecule has 0 aliphatic carbocycles. The second-order valence-electron chi connectivity index (χ2n) is 9.01. The number of nitrogens with zero attached hydrogens (tertiary/aromatic N) is 1. The number of carboxylic acids is 1. The van der Waals surface area contributed by atoms with Gasteiger partial charge in [-0.15, -0.1) is 6.42 Å². The third-order valence-electron chi connectivity index (χ3n) is 6.00. The second-order valence-corrected chi connectivity index (χ2v) is 12.5. The minimum atomic E-state index is -4.78. The summed E-state index contributed by atoms with van der Waals surface area (Å²) >= 11 is 0. The number of nitrogens with one attached hydrogen (secondary N) is 2. The number of hydrogen-bond donors (Lipinski definition) is 3. The Morgan fingerprint density at radius 3 is 2.49 bits per heavy atom. The van der Waals surface area contributed by atoms with Gasteiger partial charge in [-0.25, -0.2) is 17.5 Å². The minimum Gasteiger partial charge on any atom is -0.481 e. The number of aryl methyl sites for hydroxylation is 1. The van der Waals surface area contributed by atoms with E-state index in [1.807, 2.05) is 0 Å². The summed E-state index contributed by atoms with van der Waals surface area (Å²) in [4.78, 5) is 22.8. The van der Waals surface area contributed by atoms with Gasteiger partial charge in [-0.2, -0.15) is 8.42 Å². The summed E-state index contributed by atoms with van der Waals surface area (Å²) < 4.78 is 61.0.